The Labute approximate surface area is 175 Å². The number of cyclic esters (lactones) is 1. The van der Waals surface area contributed by atoms with E-state index in [1.54, 1.807) is 6.07 Å². The van der Waals surface area contributed by atoms with Gasteiger partial charge in [-0.1, -0.05) is 40.7 Å². The van der Waals surface area contributed by atoms with Gasteiger partial charge in [0.15, 0.2) is 8.32 Å². The van der Waals surface area contributed by atoms with Gasteiger partial charge in [0.05, 0.1) is 6.61 Å². The fraction of sp³-hybridized carbons (Fsp3) is 0.652. The summed E-state index contributed by atoms with van der Waals surface area (Å²) in [5.74, 6) is -0.797. The molecule has 0 spiro atoms. The van der Waals surface area contributed by atoms with Crippen LogP contribution >= 0.6 is 0 Å². The van der Waals surface area contributed by atoms with Crippen LogP contribution in [0.4, 0.5) is 4.39 Å². The van der Waals surface area contributed by atoms with Gasteiger partial charge in [0, 0.05) is 6.42 Å². The second-order valence-electron chi connectivity index (χ2n) is 10.0. The first-order valence-corrected chi connectivity index (χ1v) is 13.3. The molecule has 1 atom stereocenters. The molecule has 1 fully saturated rings. The lowest BCUT2D eigenvalue weighted by Gasteiger charge is -2.39. The number of hydrogen-bond donors (Lipinski definition) is 0. The monoisotopic (exact) mass is 422 g/mol. The van der Waals surface area contributed by atoms with Crippen LogP contribution in [0.2, 0.25) is 18.1 Å². The summed E-state index contributed by atoms with van der Waals surface area (Å²) in [6.07, 6.45) is 1.22. The van der Waals surface area contributed by atoms with Crippen molar-refractivity contribution < 1.29 is 23.1 Å². The molecule has 2 rings (SSSR count). The molecule has 4 nitrogen and oxygen atoms in total. The second kappa shape index (κ2) is 8.68. The highest BCUT2D eigenvalue weighted by Gasteiger charge is 2.43. The smallest absolute Gasteiger partial charge is 0.313 e. The number of hydrogen-bond acceptors (Lipinski definition) is 4. The summed E-state index contributed by atoms with van der Waals surface area (Å²) < 4.78 is 25.9. The molecule has 1 aromatic rings. The highest BCUT2D eigenvalue weighted by Crippen LogP contribution is 2.38. The standard InChI is InChI=1S/C23H35FO4Si/c1-16(2)23(14-20(25)13-21(26)28-23)11-10-17-8-9-19(24)12-18(17)15-27-29(6,7)22(3,4)5/h8-9,12,16H,10-11,13-15H2,1-7H3. The summed E-state index contributed by atoms with van der Waals surface area (Å²) >= 11 is 0. The highest BCUT2D eigenvalue weighted by atomic mass is 28.4. The van der Waals surface area contributed by atoms with E-state index < -0.39 is 19.9 Å². The van der Waals surface area contributed by atoms with Crippen LogP contribution in [0.25, 0.3) is 0 Å². The Hall–Kier alpha value is -1.53. The third-order valence-corrected chi connectivity index (χ3v) is 11.1. The van der Waals surface area contributed by atoms with E-state index in [0.29, 0.717) is 19.4 Å². The minimum absolute atomic E-state index is 0.0167. The van der Waals surface area contributed by atoms with E-state index >= 15 is 0 Å². The fourth-order valence-corrected chi connectivity index (χ4v) is 4.35. The Morgan fingerprint density at radius 1 is 1.21 bits per heavy atom. The predicted octanol–water partition coefficient (Wildman–Crippen LogP) is 5.58. The van der Waals surface area contributed by atoms with E-state index in [0.717, 1.165) is 11.1 Å². The van der Waals surface area contributed by atoms with E-state index in [4.69, 9.17) is 9.16 Å². The molecule has 0 bridgehead atoms. The average molecular weight is 423 g/mol. The van der Waals surface area contributed by atoms with Crippen molar-refractivity contribution in [2.24, 2.45) is 5.92 Å². The molecule has 0 amide bonds. The molecule has 0 aliphatic carbocycles. The minimum Gasteiger partial charge on any atom is -0.458 e. The van der Waals surface area contributed by atoms with E-state index in [1.807, 2.05) is 13.8 Å². The Balaban J connectivity index is 2.20. The first kappa shape index (κ1) is 23.7. The van der Waals surface area contributed by atoms with Gasteiger partial charge in [-0.25, -0.2) is 4.39 Å². The van der Waals surface area contributed by atoms with Crippen molar-refractivity contribution in [2.75, 3.05) is 0 Å². The second-order valence-corrected chi connectivity index (χ2v) is 14.9. The summed E-state index contributed by atoms with van der Waals surface area (Å²) in [5, 5.41) is 0.0683. The van der Waals surface area contributed by atoms with Gasteiger partial charge >= 0.3 is 5.97 Å². The SMILES string of the molecule is CC(C)C1(CCc2ccc(F)cc2CO[Si](C)(C)C(C)(C)C)CC(=O)CC(=O)O1. The van der Waals surface area contributed by atoms with Crippen LogP contribution in [-0.2, 0) is 31.8 Å². The van der Waals surface area contributed by atoms with Crippen molar-refractivity contribution in [3.63, 3.8) is 0 Å². The highest BCUT2D eigenvalue weighted by molar-refractivity contribution is 6.74. The van der Waals surface area contributed by atoms with Crippen molar-refractivity contribution >= 4 is 20.1 Å². The Bertz CT molecular complexity index is 749. The molecule has 1 aromatic carbocycles. The molecule has 29 heavy (non-hydrogen) atoms. The lowest BCUT2D eigenvalue weighted by molar-refractivity contribution is -0.177. The number of aryl methyl sites for hydroxylation is 1. The van der Waals surface area contributed by atoms with Crippen LogP contribution in [0.15, 0.2) is 18.2 Å². The summed E-state index contributed by atoms with van der Waals surface area (Å²) in [4.78, 5) is 24.0. The normalized spacial score (nSPS) is 20.9. The van der Waals surface area contributed by atoms with Gasteiger partial charge in [0.2, 0.25) is 0 Å². The number of carbonyl (C=O) groups is 2. The largest absolute Gasteiger partial charge is 0.458 e. The Morgan fingerprint density at radius 2 is 1.86 bits per heavy atom. The first-order chi connectivity index (χ1) is 13.3. The van der Waals surface area contributed by atoms with Crippen LogP contribution in [0.1, 0.15) is 65.0 Å². The molecule has 0 saturated carbocycles. The van der Waals surface area contributed by atoms with Crippen molar-refractivity contribution in [1.82, 2.24) is 0 Å². The lowest BCUT2D eigenvalue weighted by Crippen LogP contribution is -2.47. The van der Waals surface area contributed by atoms with Crippen LogP contribution < -0.4 is 0 Å². The van der Waals surface area contributed by atoms with E-state index in [9.17, 15) is 14.0 Å². The number of esters is 1. The molecule has 1 unspecified atom stereocenters. The predicted molar refractivity (Wildman–Crippen MR) is 115 cm³/mol. The Morgan fingerprint density at radius 3 is 2.41 bits per heavy atom. The zero-order valence-electron chi connectivity index (χ0n) is 18.9. The molecule has 1 aliphatic rings. The fourth-order valence-electron chi connectivity index (χ4n) is 3.40. The third-order valence-electron chi connectivity index (χ3n) is 6.59. The van der Waals surface area contributed by atoms with Crippen LogP contribution in [0.5, 0.6) is 0 Å². The van der Waals surface area contributed by atoms with Crippen molar-refractivity contribution in [1.29, 1.82) is 0 Å². The average Bonchev–Trinajstić information content (AvgIpc) is 2.57. The molecular formula is C23H35FO4Si. The summed E-state index contributed by atoms with van der Waals surface area (Å²) in [6, 6.07) is 4.76. The van der Waals surface area contributed by atoms with Gasteiger partial charge in [0.1, 0.15) is 23.6 Å². The number of halogens is 1. The number of ketones is 1. The number of ether oxygens (including phenoxy) is 1. The van der Waals surface area contributed by atoms with E-state index in [2.05, 4.69) is 33.9 Å². The van der Waals surface area contributed by atoms with Crippen molar-refractivity contribution in [3.05, 3.63) is 35.1 Å². The third kappa shape index (κ3) is 5.76. The van der Waals surface area contributed by atoms with Gasteiger partial charge in [-0.15, -0.1) is 0 Å². The summed E-state index contributed by atoms with van der Waals surface area (Å²) in [7, 11) is -1.97. The van der Waals surface area contributed by atoms with Gasteiger partial charge in [-0.2, -0.15) is 0 Å². The van der Waals surface area contributed by atoms with Gasteiger partial charge < -0.3 is 9.16 Å². The molecule has 6 heteroatoms. The van der Waals surface area contributed by atoms with Gasteiger partial charge in [0.25, 0.3) is 0 Å². The number of carbonyl (C=O) groups excluding carboxylic acids is 2. The molecule has 1 saturated heterocycles. The maximum absolute atomic E-state index is 13.9. The number of rotatable bonds is 7. The van der Waals surface area contributed by atoms with Crippen molar-refractivity contribution in [2.45, 2.75) is 90.6 Å². The molecule has 0 N–H and O–H groups in total. The first-order valence-electron chi connectivity index (χ1n) is 10.4. The summed E-state index contributed by atoms with van der Waals surface area (Å²) in [6.45, 7) is 15.2. The zero-order valence-corrected chi connectivity index (χ0v) is 19.9. The molecular weight excluding hydrogens is 387 g/mol. The quantitative estimate of drug-likeness (QED) is 0.327. The van der Waals surface area contributed by atoms with Crippen LogP contribution in [0, 0.1) is 11.7 Å². The van der Waals surface area contributed by atoms with E-state index in [-0.39, 0.29) is 35.4 Å². The number of benzene rings is 1. The maximum atomic E-state index is 13.9. The summed E-state index contributed by atoms with van der Waals surface area (Å²) in [5.41, 5.74) is 1.000. The molecule has 162 valence electrons. The maximum Gasteiger partial charge on any atom is 0.313 e. The molecule has 1 heterocycles. The molecule has 1 aliphatic heterocycles. The molecule has 0 aromatic heterocycles. The van der Waals surface area contributed by atoms with Gasteiger partial charge in [-0.3, -0.25) is 9.59 Å². The minimum atomic E-state index is -1.97. The lowest BCUT2D eigenvalue weighted by atomic mass is 9.78. The Kier molecular flexibility index (Phi) is 7.11. The topological polar surface area (TPSA) is 52.6 Å². The van der Waals surface area contributed by atoms with Crippen molar-refractivity contribution in [3.8, 4) is 0 Å². The van der Waals surface area contributed by atoms with Crippen LogP contribution in [-0.4, -0.2) is 25.7 Å². The van der Waals surface area contributed by atoms with Crippen LogP contribution in [0.3, 0.4) is 0 Å². The zero-order chi connectivity index (χ0) is 22.0. The molecule has 0 radical (unpaired) electrons. The number of Topliss-reactive ketones (excluding diaryl/α,β-unsaturated/α-hetero) is 1. The van der Waals surface area contributed by atoms with E-state index in [1.165, 1.54) is 12.1 Å². The van der Waals surface area contributed by atoms with Gasteiger partial charge in [-0.05, 0) is 60.2 Å².